The molecule has 0 aliphatic rings. The van der Waals surface area contributed by atoms with E-state index in [1.54, 1.807) is 6.92 Å². The van der Waals surface area contributed by atoms with Crippen LogP contribution in [0.2, 0.25) is 0 Å². The molecule has 0 bridgehead atoms. The molecule has 0 radical (unpaired) electrons. The zero-order valence-electron chi connectivity index (χ0n) is 11.0. The van der Waals surface area contributed by atoms with Crippen LogP contribution in [0.15, 0.2) is 9.52 Å². The highest BCUT2D eigenvalue weighted by molar-refractivity contribution is 14.0. The maximum Gasteiger partial charge on any atom is 0.228 e. The van der Waals surface area contributed by atoms with Crippen molar-refractivity contribution in [3.05, 3.63) is 11.7 Å². The minimum atomic E-state index is 0. The molecule has 0 aromatic carbocycles. The fraction of sp³-hybridized carbons (Fsp3) is 0.700. The highest BCUT2D eigenvalue weighted by Gasteiger charge is 2.05. The molecule has 0 unspecified atom stereocenters. The Morgan fingerprint density at radius 3 is 2.24 bits per heavy atom. The highest BCUT2D eigenvalue weighted by atomic mass is 127. The van der Waals surface area contributed by atoms with Crippen molar-refractivity contribution >= 4 is 29.9 Å². The third kappa shape index (κ3) is 5.33. The fourth-order valence-electron chi connectivity index (χ4n) is 1.38. The van der Waals surface area contributed by atoms with Crippen LogP contribution in [0.4, 0.5) is 0 Å². The molecule has 0 spiro atoms. The summed E-state index contributed by atoms with van der Waals surface area (Å²) in [6.07, 6.45) is 0.673. The molecular weight excluding hydrogens is 333 g/mol. The van der Waals surface area contributed by atoms with E-state index in [-0.39, 0.29) is 24.0 Å². The smallest absolute Gasteiger partial charge is 0.228 e. The molecule has 1 rings (SSSR count). The van der Waals surface area contributed by atoms with Crippen LogP contribution in [-0.2, 0) is 6.42 Å². The van der Waals surface area contributed by atoms with Gasteiger partial charge in [-0.15, -0.1) is 24.0 Å². The van der Waals surface area contributed by atoms with Crippen LogP contribution in [0.25, 0.3) is 0 Å². The number of rotatable bonds is 3. The second kappa shape index (κ2) is 7.46. The van der Waals surface area contributed by atoms with Crippen molar-refractivity contribution in [2.75, 3.05) is 34.7 Å². The number of nitrogens with zero attached hydrogens (tertiary/aromatic N) is 5. The molecule has 0 aliphatic carbocycles. The van der Waals surface area contributed by atoms with Gasteiger partial charge in [0.05, 0.1) is 6.54 Å². The molecule has 0 fully saturated rings. The maximum absolute atomic E-state index is 5.01. The van der Waals surface area contributed by atoms with E-state index in [0.29, 0.717) is 24.7 Å². The van der Waals surface area contributed by atoms with E-state index in [9.17, 15) is 0 Å². The summed E-state index contributed by atoms with van der Waals surface area (Å²) in [5.41, 5.74) is 0. The van der Waals surface area contributed by atoms with Gasteiger partial charge in [-0.3, -0.25) is 4.99 Å². The lowest BCUT2D eigenvalue weighted by molar-refractivity contribution is 0.375. The molecule has 0 amide bonds. The number of hydrogen-bond donors (Lipinski definition) is 0. The Morgan fingerprint density at radius 1 is 1.24 bits per heavy atom. The van der Waals surface area contributed by atoms with E-state index < -0.39 is 0 Å². The average molecular weight is 353 g/mol. The van der Waals surface area contributed by atoms with Gasteiger partial charge in [0.2, 0.25) is 5.89 Å². The number of aliphatic imine (C=N–C) groups is 1. The molecule has 0 saturated carbocycles. The minimum absolute atomic E-state index is 0. The average Bonchev–Trinajstić information content (AvgIpc) is 2.57. The van der Waals surface area contributed by atoms with Crippen LogP contribution >= 0.6 is 24.0 Å². The van der Waals surface area contributed by atoms with Gasteiger partial charge in [-0.05, 0) is 6.92 Å². The zero-order valence-corrected chi connectivity index (χ0v) is 13.3. The van der Waals surface area contributed by atoms with E-state index in [4.69, 9.17) is 4.52 Å². The predicted octanol–water partition coefficient (Wildman–Crippen LogP) is 1.02. The van der Waals surface area contributed by atoms with E-state index in [1.165, 1.54) is 0 Å². The van der Waals surface area contributed by atoms with E-state index in [0.717, 1.165) is 5.96 Å². The molecule has 6 nitrogen and oxygen atoms in total. The first kappa shape index (κ1) is 16.1. The molecule has 0 saturated heterocycles. The van der Waals surface area contributed by atoms with Gasteiger partial charge in [0.15, 0.2) is 11.8 Å². The number of guanidine groups is 1. The van der Waals surface area contributed by atoms with Crippen LogP contribution in [0.3, 0.4) is 0 Å². The third-order valence-corrected chi connectivity index (χ3v) is 1.95. The van der Waals surface area contributed by atoms with Crippen molar-refractivity contribution in [2.45, 2.75) is 13.3 Å². The van der Waals surface area contributed by atoms with Crippen molar-refractivity contribution in [2.24, 2.45) is 4.99 Å². The Bertz CT molecular complexity index is 351. The monoisotopic (exact) mass is 353 g/mol. The Kier molecular flexibility index (Phi) is 7.09. The molecule has 0 atom stereocenters. The lowest BCUT2D eigenvalue weighted by Gasteiger charge is -2.22. The third-order valence-electron chi connectivity index (χ3n) is 1.95. The molecule has 0 aliphatic heterocycles. The van der Waals surface area contributed by atoms with Gasteiger partial charge in [0.1, 0.15) is 0 Å². The van der Waals surface area contributed by atoms with Crippen molar-refractivity contribution in [1.82, 2.24) is 19.9 Å². The van der Waals surface area contributed by atoms with E-state index in [1.807, 2.05) is 38.0 Å². The van der Waals surface area contributed by atoms with Crippen molar-refractivity contribution in [3.8, 4) is 0 Å². The normalized spacial score (nSPS) is 9.47. The standard InChI is InChI=1S/C10H19N5O.HI/c1-8-12-9(16-13-8)6-7-11-10(14(2)3)15(4)5;/h6-7H2,1-5H3;1H. The molecule has 17 heavy (non-hydrogen) atoms. The van der Waals surface area contributed by atoms with Crippen LogP contribution in [0.5, 0.6) is 0 Å². The van der Waals surface area contributed by atoms with Crippen molar-refractivity contribution in [3.63, 3.8) is 0 Å². The molecule has 98 valence electrons. The summed E-state index contributed by atoms with van der Waals surface area (Å²) in [5, 5.41) is 3.73. The fourth-order valence-corrected chi connectivity index (χ4v) is 1.38. The molecule has 1 aromatic heterocycles. The highest BCUT2D eigenvalue weighted by Crippen LogP contribution is 1.98. The number of hydrogen-bond acceptors (Lipinski definition) is 4. The topological polar surface area (TPSA) is 57.8 Å². The SMILES string of the molecule is Cc1noc(CCN=C(N(C)C)N(C)C)n1.I. The van der Waals surface area contributed by atoms with Gasteiger partial charge >= 0.3 is 0 Å². The number of aromatic nitrogens is 2. The Balaban J connectivity index is 0.00000256. The molecule has 7 heteroatoms. The number of aryl methyl sites for hydroxylation is 1. The quantitative estimate of drug-likeness (QED) is 0.461. The Hall–Kier alpha value is -0.860. The van der Waals surface area contributed by atoms with Crippen molar-refractivity contribution < 1.29 is 4.52 Å². The second-order valence-electron chi connectivity index (χ2n) is 3.96. The predicted molar refractivity (Wildman–Crippen MR) is 77.8 cm³/mol. The minimum Gasteiger partial charge on any atom is -0.349 e. The van der Waals surface area contributed by atoms with E-state index >= 15 is 0 Å². The van der Waals surface area contributed by atoms with E-state index in [2.05, 4.69) is 15.1 Å². The summed E-state index contributed by atoms with van der Waals surface area (Å²) in [5.74, 6) is 2.23. The second-order valence-corrected chi connectivity index (χ2v) is 3.96. The lowest BCUT2D eigenvalue weighted by Crippen LogP contribution is -2.35. The largest absolute Gasteiger partial charge is 0.349 e. The van der Waals surface area contributed by atoms with Gasteiger partial charge in [-0.2, -0.15) is 4.98 Å². The Labute approximate surface area is 119 Å². The van der Waals surface area contributed by atoms with Crippen LogP contribution < -0.4 is 0 Å². The summed E-state index contributed by atoms with van der Waals surface area (Å²) in [4.78, 5) is 12.5. The molecule has 1 aromatic rings. The lowest BCUT2D eigenvalue weighted by atomic mass is 10.4. The first-order valence-corrected chi connectivity index (χ1v) is 5.19. The number of halogens is 1. The summed E-state index contributed by atoms with van der Waals surface area (Å²) in [7, 11) is 7.87. The summed E-state index contributed by atoms with van der Waals surface area (Å²) < 4.78 is 5.01. The maximum atomic E-state index is 5.01. The first-order chi connectivity index (χ1) is 7.50. The van der Waals surface area contributed by atoms with Crippen LogP contribution in [-0.4, -0.2) is 60.6 Å². The first-order valence-electron chi connectivity index (χ1n) is 5.19. The van der Waals surface area contributed by atoms with Gasteiger partial charge < -0.3 is 14.3 Å². The zero-order chi connectivity index (χ0) is 12.1. The summed E-state index contributed by atoms with van der Waals surface area (Å²) >= 11 is 0. The molecule has 1 heterocycles. The summed E-state index contributed by atoms with van der Waals surface area (Å²) in [6.45, 7) is 2.45. The van der Waals surface area contributed by atoms with Crippen LogP contribution in [0, 0.1) is 6.92 Å². The van der Waals surface area contributed by atoms with Crippen molar-refractivity contribution in [1.29, 1.82) is 0 Å². The van der Waals surface area contributed by atoms with Gasteiger partial charge in [-0.25, -0.2) is 0 Å². The Morgan fingerprint density at radius 2 is 1.82 bits per heavy atom. The van der Waals surface area contributed by atoms with Crippen LogP contribution in [0.1, 0.15) is 11.7 Å². The van der Waals surface area contributed by atoms with Gasteiger partial charge in [-0.1, -0.05) is 5.16 Å². The molecule has 0 N–H and O–H groups in total. The summed E-state index contributed by atoms with van der Waals surface area (Å²) in [6, 6.07) is 0. The van der Waals surface area contributed by atoms with Gasteiger partial charge in [0, 0.05) is 34.6 Å². The molecular formula is C10H20IN5O. The van der Waals surface area contributed by atoms with Gasteiger partial charge in [0.25, 0.3) is 0 Å².